The summed E-state index contributed by atoms with van der Waals surface area (Å²) in [6.07, 6.45) is 0.670. The Hall–Kier alpha value is -2.02. The molecule has 0 bridgehead atoms. The van der Waals surface area contributed by atoms with Gasteiger partial charge in [0.05, 0.1) is 4.87 Å². The van der Waals surface area contributed by atoms with Crippen molar-refractivity contribution in [2.24, 2.45) is 0 Å². The predicted octanol–water partition coefficient (Wildman–Crippen LogP) is 0.757. The maximum absolute atomic E-state index is 12.1. The Labute approximate surface area is 127 Å². The number of nitrogens with zero attached hydrogens (tertiary/aromatic N) is 1. The van der Waals surface area contributed by atoms with E-state index in [4.69, 9.17) is 0 Å². The molecule has 6 nitrogen and oxygen atoms in total. The molecule has 0 radical (unpaired) electrons. The van der Waals surface area contributed by atoms with Gasteiger partial charge in [0.15, 0.2) is 0 Å². The Balaban J connectivity index is 1.94. The largest absolute Gasteiger partial charge is 0.318 e. The average molecular weight is 307 g/mol. The minimum atomic E-state index is -0.585. The molecule has 2 rings (SSSR count). The Bertz CT molecular complexity index is 548. The number of benzene rings is 1. The molecule has 1 atom stereocenters. The molecule has 1 aliphatic rings. The molecule has 1 aromatic carbocycles. The summed E-state index contributed by atoms with van der Waals surface area (Å²) in [5, 5.41) is 0. The maximum Gasteiger partial charge on any atom is 0.269 e. The molecule has 1 unspecified atom stereocenters. The van der Waals surface area contributed by atoms with Crippen molar-refractivity contribution in [3.05, 3.63) is 35.9 Å². The van der Waals surface area contributed by atoms with Gasteiger partial charge in [-0.2, -0.15) is 0 Å². The van der Waals surface area contributed by atoms with Crippen LogP contribution in [0.25, 0.3) is 0 Å². The molecule has 1 fully saturated rings. The van der Waals surface area contributed by atoms with Crippen molar-refractivity contribution in [1.82, 2.24) is 15.8 Å². The van der Waals surface area contributed by atoms with E-state index in [0.29, 0.717) is 17.7 Å². The van der Waals surface area contributed by atoms with Gasteiger partial charge in [0.1, 0.15) is 6.04 Å². The lowest BCUT2D eigenvalue weighted by Gasteiger charge is -2.30. The number of hydrogen-bond donors (Lipinski definition) is 2. The summed E-state index contributed by atoms with van der Waals surface area (Å²) in [4.78, 5) is 36.1. The van der Waals surface area contributed by atoms with Crippen molar-refractivity contribution in [3.8, 4) is 0 Å². The van der Waals surface area contributed by atoms with Crippen molar-refractivity contribution in [2.45, 2.75) is 24.8 Å². The van der Waals surface area contributed by atoms with Gasteiger partial charge in [-0.3, -0.25) is 25.2 Å². The van der Waals surface area contributed by atoms with Gasteiger partial charge in [-0.05, 0) is 26.0 Å². The maximum atomic E-state index is 12.1. The lowest BCUT2D eigenvalue weighted by Crippen LogP contribution is -2.53. The zero-order valence-electron chi connectivity index (χ0n) is 11.8. The predicted molar refractivity (Wildman–Crippen MR) is 80.3 cm³/mol. The molecular formula is C14H17N3O3S. The van der Waals surface area contributed by atoms with Crippen molar-refractivity contribution < 1.29 is 14.4 Å². The van der Waals surface area contributed by atoms with Crippen molar-refractivity contribution >= 4 is 30.0 Å². The molecule has 1 aromatic rings. The van der Waals surface area contributed by atoms with Gasteiger partial charge in [-0.15, -0.1) is 11.8 Å². The van der Waals surface area contributed by atoms with Crippen LogP contribution in [0.4, 0.5) is 0 Å². The molecule has 2 N–H and O–H groups in total. The van der Waals surface area contributed by atoms with Crippen LogP contribution in [0.15, 0.2) is 30.3 Å². The van der Waals surface area contributed by atoms with Crippen LogP contribution in [0.2, 0.25) is 0 Å². The summed E-state index contributed by atoms with van der Waals surface area (Å²) >= 11 is 1.52. The Kier molecular flexibility index (Phi) is 4.52. The fraction of sp³-hybridized carbons (Fsp3) is 0.357. The molecule has 21 heavy (non-hydrogen) atoms. The summed E-state index contributed by atoms with van der Waals surface area (Å²) in [5.74, 6) is -0.297. The van der Waals surface area contributed by atoms with Gasteiger partial charge in [-0.1, -0.05) is 18.2 Å². The van der Waals surface area contributed by atoms with Crippen LogP contribution in [0.3, 0.4) is 0 Å². The van der Waals surface area contributed by atoms with E-state index in [9.17, 15) is 14.4 Å². The van der Waals surface area contributed by atoms with Gasteiger partial charge >= 0.3 is 0 Å². The van der Waals surface area contributed by atoms with E-state index >= 15 is 0 Å². The Morgan fingerprint density at radius 2 is 1.95 bits per heavy atom. The third-order valence-electron chi connectivity index (χ3n) is 3.30. The summed E-state index contributed by atoms with van der Waals surface area (Å²) in [6, 6.07) is 7.98. The van der Waals surface area contributed by atoms with Crippen molar-refractivity contribution in [2.75, 3.05) is 5.75 Å². The number of nitrogens with one attached hydrogen (secondary N) is 2. The quantitative estimate of drug-likeness (QED) is 0.638. The molecule has 1 saturated heterocycles. The van der Waals surface area contributed by atoms with Crippen LogP contribution in [0, 0.1) is 0 Å². The molecule has 0 aliphatic carbocycles. The average Bonchev–Trinajstić information content (AvgIpc) is 2.80. The van der Waals surface area contributed by atoms with E-state index in [1.165, 1.54) is 16.7 Å². The monoisotopic (exact) mass is 307 g/mol. The summed E-state index contributed by atoms with van der Waals surface area (Å²) in [5.41, 5.74) is 5.18. The molecule has 112 valence electrons. The topological polar surface area (TPSA) is 78.5 Å². The number of thioether (sulfide) groups is 1. The fourth-order valence-electron chi connectivity index (χ4n) is 2.08. The normalized spacial score (nSPS) is 19.9. The Morgan fingerprint density at radius 3 is 2.57 bits per heavy atom. The van der Waals surface area contributed by atoms with Crippen LogP contribution < -0.4 is 10.9 Å². The van der Waals surface area contributed by atoms with E-state index in [2.05, 4.69) is 10.9 Å². The van der Waals surface area contributed by atoms with Crippen LogP contribution in [0.5, 0.6) is 0 Å². The fourth-order valence-corrected chi connectivity index (χ4v) is 3.28. The van der Waals surface area contributed by atoms with Crippen molar-refractivity contribution in [1.29, 1.82) is 0 Å². The number of amides is 3. The van der Waals surface area contributed by atoms with Crippen LogP contribution in [-0.2, 0) is 9.59 Å². The zero-order chi connectivity index (χ0) is 15.5. The number of hydrogen-bond acceptors (Lipinski definition) is 4. The van der Waals surface area contributed by atoms with E-state index in [0.717, 1.165) is 0 Å². The molecule has 7 heteroatoms. The first-order valence-corrected chi connectivity index (χ1v) is 7.47. The SMILES string of the molecule is CC1(C)SCC(C(=O)NNC(=O)c2ccccc2)N1C=O. The third kappa shape index (κ3) is 3.36. The first-order valence-electron chi connectivity index (χ1n) is 6.48. The summed E-state index contributed by atoms with van der Waals surface area (Å²) in [7, 11) is 0. The summed E-state index contributed by atoms with van der Waals surface area (Å²) in [6.45, 7) is 3.75. The zero-order valence-corrected chi connectivity index (χ0v) is 12.6. The molecule has 0 aromatic heterocycles. The van der Waals surface area contributed by atoms with E-state index in [1.807, 2.05) is 13.8 Å². The van der Waals surface area contributed by atoms with Gasteiger partial charge < -0.3 is 4.90 Å². The third-order valence-corrected chi connectivity index (χ3v) is 4.70. The van der Waals surface area contributed by atoms with Gasteiger partial charge in [0.25, 0.3) is 11.8 Å². The van der Waals surface area contributed by atoms with Crippen molar-refractivity contribution in [3.63, 3.8) is 0 Å². The first-order chi connectivity index (χ1) is 9.95. The van der Waals surface area contributed by atoms with E-state index in [-0.39, 0.29) is 0 Å². The lowest BCUT2D eigenvalue weighted by molar-refractivity contribution is -0.133. The minimum Gasteiger partial charge on any atom is -0.318 e. The molecular weight excluding hydrogens is 290 g/mol. The van der Waals surface area contributed by atoms with Crippen LogP contribution in [-0.4, -0.2) is 39.8 Å². The number of carbonyl (C=O) groups is 3. The van der Waals surface area contributed by atoms with Gasteiger partial charge in [0.2, 0.25) is 6.41 Å². The standard InChI is InChI=1S/C14H17N3O3S/c1-14(2)17(9-18)11(8-21-14)13(20)16-15-12(19)10-6-4-3-5-7-10/h3-7,9,11H,8H2,1-2H3,(H,15,19)(H,16,20). The molecule has 0 spiro atoms. The van der Waals surface area contributed by atoms with E-state index in [1.54, 1.807) is 30.3 Å². The highest BCUT2D eigenvalue weighted by Crippen LogP contribution is 2.37. The van der Waals surface area contributed by atoms with Gasteiger partial charge in [-0.25, -0.2) is 0 Å². The number of hydrazine groups is 1. The molecule has 3 amide bonds. The smallest absolute Gasteiger partial charge is 0.269 e. The second-order valence-corrected chi connectivity index (χ2v) is 6.72. The number of carbonyl (C=O) groups excluding carboxylic acids is 3. The van der Waals surface area contributed by atoms with Crippen LogP contribution >= 0.6 is 11.8 Å². The highest BCUT2D eigenvalue weighted by Gasteiger charge is 2.42. The minimum absolute atomic E-state index is 0.397. The highest BCUT2D eigenvalue weighted by atomic mass is 32.2. The second-order valence-electron chi connectivity index (χ2n) is 5.10. The lowest BCUT2D eigenvalue weighted by atomic mass is 10.2. The number of rotatable bonds is 3. The van der Waals surface area contributed by atoms with Gasteiger partial charge in [0, 0.05) is 11.3 Å². The van der Waals surface area contributed by atoms with Crippen LogP contribution in [0.1, 0.15) is 24.2 Å². The molecule has 0 saturated carbocycles. The first kappa shape index (κ1) is 15.4. The highest BCUT2D eigenvalue weighted by molar-refractivity contribution is 8.00. The molecule has 1 aliphatic heterocycles. The molecule has 1 heterocycles. The van der Waals surface area contributed by atoms with E-state index < -0.39 is 22.7 Å². The Morgan fingerprint density at radius 1 is 1.29 bits per heavy atom. The summed E-state index contributed by atoms with van der Waals surface area (Å²) < 4.78 is 0. The second kappa shape index (κ2) is 6.17.